The van der Waals surface area contributed by atoms with Gasteiger partial charge >= 0.3 is 0 Å². The third-order valence-electron chi connectivity index (χ3n) is 4.43. The number of hydrogen-bond donors (Lipinski definition) is 1. The maximum absolute atomic E-state index is 12.5. The first-order valence-electron chi connectivity index (χ1n) is 8.35. The summed E-state index contributed by atoms with van der Waals surface area (Å²) in [6.45, 7) is 1.79. The van der Waals surface area contributed by atoms with Crippen molar-refractivity contribution in [2.24, 2.45) is 5.92 Å². The number of amides is 2. The summed E-state index contributed by atoms with van der Waals surface area (Å²) in [4.78, 5) is 37.8. The van der Waals surface area contributed by atoms with Crippen molar-refractivity contribution in [3.05, 3.63) is 54.1 Å². The molecule has 1 heterocycles. The number of ether oxygens (including phenoxy) is 1. The Morgan fingerprint density at radius 2 is 1.81 bits per heavy atom. The summed E-state index contributed by atoms with van der Waals surface area (Å²) in [7, 11) is 1.55. The number of rotatable bonds is 5. The average Bonchev–Trinajstić information content (AvgIpc) is 3.04. The van der Waals surface area contributed by atoms with Gasteiger partial charge < -0.3 is 15.0 Å². The van der Waals surface area contributed by atoms with Gasteiger partial charge in [-0.1, -0.05) is 12.1 Å². The lowest BCUT2D eigenvalue weighted by atomic mass is 10.1. The molecule has 1 atom stereocenters. The van der Waals surface area contributed by atoms with Crippen molar-refractivity contribution >= 4 is 29.0 Å². The molecule has 1 fully saturated rings. The third kappa shape index (κ3) is 3.59. The Labute approximate surface area is 151 Å². The second kappa shape index (κ2) is 7.39. The van der Waals surface area contributed by atoms with Crippen LogP contribution in [0.4, 0.5) is 11.4 Å². The molecule has 6 nitrogen and oxygen atoms in total. The number of nitrogens with zero attached hydrogens (tertiary/aromatic N) is 1. The number of Topliss-reactive ketones (excluding diaryl/α,β-unsaturated/α-hetero) is 1. The molecular weight excluding hydrogens is 332 g/mol. The van der Waals surface area contributed by atoms with Crippen LogP contribution < -0.4 is 15.0 Å². The summed E-state index contributed by atoms with van der Waals surface area (Å²) in [5.41, 5.74) is 1.85. The molecule has 1 aliphatic heterocycles. The standard InChI is InChI=1S/C20H20N2O4/c1-13(23)14-7-9-16(10-8-14)21-20(25)15-11-19(24)22(12-15)17-5-3-4-6-18(17)26-2/h3-10,15H,11-12H2,1-2H3,(H,21,25)/t15-/m0/s1. The monoisotopic (exact) mass is 352 g/mol. The summed E-state index contributed by atoms with van der Waals surface area (Å²) >= 11 is 0. The fourth-order valence-corrected chi connectivity index (χ4v) is 3.00. The molecule has 0 aromatic heterocycles. The van der Waals surface area contributed by atoms with Crippen LogP contribution >= 0.6 is 0 Å². The van der Waals surface area contributed by atoms with Gasteiger partial charge in [0.2, 0.25) is 11.8 Å². The van der Waals surface area contributed by atoms with Gasteiger partial charge in [-0.15, -0.1) is 0 Å². The van der Waals surface area contributed by atoms with E-state index in [2.05, 4.69) is 5.32 Å². The lowest BCUT2D eigenvalue weighted by molar-refractivity contribution is -0.122. The van der Waals surface area contributed by atoms with Crippen molar-refractivity contribution in [2.45, 2.75) is 13.3 Å². The number of para-hydroxylation sites is 2. The predicted molar refractivity (Wildman–Crippen MR) is 98.5 cm³/mol. The molecule has 134 valence electrons. The van der Waals surface area contributed by atoms with Crippen molar-refractivity contribution in [3.8, 4) is 5.75 Å². The van der Waals surface area contributed by atoms with E-state index >= 15 is 0 Å². The van der Waals surface area contributed by atoms with Gasteiger partial charge in [-0.25, -0.2) is 0 Å². The molecule has 0 spiro atoms. The van der Waals surface area contributed by atoms with Gasteiger partial charge in [0.1, 0.15) is 5.75 Å². The second-order valence-corrected chi connectivity index (χ2v) is 6.20. The lowest BCUT2D eigenvalue weighted by Gasteiger charge is -2.19. The number of hydrogen-bond acceptors (Lipinski definition) is 4. The van der Waals surface area contributed by atoms with Crippen LogP contribution in [0.1, 0.15) is 23.7 Å². The largest absolute Gasteiger partial charge is 0.495 e. The third-order valence-corrected chi connectivity index (χ3v) is 4.43. The number of anilines is 2. The fourth-order valence-electron chi connectivity index (χ4n) is 3.00. The van der Waals surface area contributed by atoms with Crippen LogP contribution in [0.2, 0.25) is 0 Å². The van der Waals surface area contributed by atoms with E-state index in [1.807, 2.05) is 12.1 Å². The molecule has 0 radical (unpaired) electrons. The molecule has 0 aliphatic carbocycles. The van der Waals surface area contributed by atoms with Gasteiger partial charge in [0, 0.05) is 24.2 Å². The van der Waals surface area contributed by atoms with Crippen molar-refractivity contribution in [1.29, 1.82) is 0 Å². The molecule has 26 heavy (non-hydrogen) atoms. The highest BCUT2D eigenvalue weighted by atomic mass is 16.5. The molecule has 0 saturated carbocycles. The maximum atomic E-state index is 12.5. The molecule has 1 N–H and O–H groups in total. The number of methoxy groups -OCH3 is 1. The summed E-state index contributed by atoms with van der Waals surface area (Å²) in [6.07, 6.45) is 0.148. The quantitative estimate of drug-likeness (QED) is 0.840. The highest BCUT2D eigenvalue weighted by Crippen LogP contribution is 2.33. The average molecular weight is 352 g/mol. The highest BCUT2D eigenvalue weighted by Gasteiger charge is 2.36. The molecule has 0 bridgehead atoms. The molecule has 0 unspecified atom stereocenters. The zero-order chi connectivity index (χ0) is 18.7. The smallest absolute Gasteiger partial charge is 0.229 e. The van der Waals surface area contributed by atoms with Gasteiger partial charge in [-0.2, -0.15) is 0 Å². The van der Waals surface area contributed by atoms with E-state index in [0.717, 1.165) is 0 Å². The van der Waals surface area contributed by atoms with E-state index in [1.165, 1.54) is 6.92 Å². The van der Waals surface area contributed by atoms with E-state index in [-0.39, 0.29) is 24.0 Å². The minimum atomic E-state index is -0.445. The molecule has 2 aromatic rings. The summed E-state index contributed by atoms with van der Waals surface area (Å²) in [6, 6.07) is 13.9. The first-order valence-corrected chi connectivity index (χ1v) is 8.35. The first-order chi connectivity index (χ1) is 12.5. The molecule has 1 aliphatic rings. The first kappa shape index (κ1) is 17.7. The number of carbonyl (C=O) groups is 3. The van der Waals surface area contributed by atoms with Gasteiger partial charge in [0.05, 0.1) is 18.7 Å². The molecule has 6 heteroatoms. The lowest BCUT2D eigenvalue weighted by Crippen LogP contribution is -2.28. The van der Waals surface area contributed by atoms with Crippen LogP contribution in [0.15, 0.2) is 48.5 Å². The van der Waals surface area contributed by atoms with Crippen molar-refractivity contribution in [2.75, 3.05) is 23.9 Å². The number of nitrogens with one attached hydrogen (secondary N) is 1. The SMILES string of the molecule is COc1ccccc1N1C[C@@H](C(=O)Nc2ccc(C(C)=O)cc2)CC1=O. The van der Waals surface area contributed by atoms with Crippen LogP contribution in [0.5, 0.6) is 5.75 Å². The summed E-state index contributed by atoms with van der Waals surface area (Å²) in [5.74, 6) is -0.203. The van der Waals surface area contributed by atoms with Crippen molar-refractivity contribution < 1.29 is 19.1 Å². The Kier molecular flexibility index (Phi) is 5.02. The number of carbonyl (C=O) groups excluding carboxylic acids is 3. The fraction of sp³-hybridized carbons (Fsp3) is 0.250. The van der Waals surface area contributed by atoms with Crippen LogP contribution in [0.3, 0.4) is 0 Å². The zero-order valence-corrected chi connectivity index (χ0v) is 14.7. The van der Waals surface area contributed by atoms with E-state index < -0.39 is 5.92 Å². The predicted octanol–water partition coefficient (Wildman–Crippen LogP) is 2.89. The Bertz CT molecular complexity index is 845. The molecule has 2 aromatic carbocycles. The van der Waals surface area contributed by atoms with Crippen molar-refractivity contribution in [1.82, 2.24) is 0 Å². The van der Waals surface area contributed by atoms with E-state index in [0.29, 0.717) is 29.2 Å². The summed E-state index contributed by atoms with van der Waals surface area (Å²) < 4.78 is 5.31. The zero-order valence-electron chi connectivity index (χ0n) is 14.7. The van der Waals surface area contributed by atoms with Crippen LogP contribution in [0.25, 0.3) is 0 Å². The molecular formula is C20H20N2O4. The highest BCUT2D eigenvalue weighted by molar-refractivity contribution is 6.04. The van der Waals surface area contributed by atoms with Gasteiger partial charge in [-0.05, 0) is 43.3 Å². The normalized spacial score (nSPS) is 16.5. The van der Waals surface area contributed by atoms with Crippen LogP contribution in [-0.2, 0) is 9.59 Å². The maximum Gasteiger partial charge on any atom is 0.229 e. The number of ketones is 1. The topological polar surface area (TPSA) is 75.7 Å². The Morgan fingerprint density at radius 1 is 1.12 bits per heavy atom. The minimum Gasteiger partial charge on any atom is -0.495 e. The minimum absolute atomic E-state index is 0.0308. The van der Waals surface area contributed by atoms with Crippen LogP contribution in [0, 0.1) is 5.92 Å². The summed E-state index contributed by atoms with van der Waals surface area (Å²) in [5, 5.41) is 2.81. The molecule has 3 rings (SSSR count). The van der Waals surface area contributed by atoms with E-state index in [1.54, 1.807) is 48.4 Å². The molecule has 1 saturated heterocycles. The van der Waals surface area contributed by atoms with Gasteiger partial charge in [-0.3, -0.25) is 14.4 Å². The Balaban J connectivity index is 1.70. The van der Waals surface area contributed by atoms with Gasteiger partial charge in [0.25, 0.3) is 0 Å². The number of benzene rings is 2. The Morgan fingerprint density at radius 3 is 2.46 bits per heavy atom. The van der Waals surface area contributed by atoms with E-state index in [4.69, 9.17) is 4.74 Å². The Hall–Kier alpha value is -3.15. The second-order valence-electron chi connectivity index (χ2n) is 6.20. The van der Waals surface area contributed by atoms with Gasteiger partial charge in [0.15, 0.2) is 5.78 Å². The molecule has 2 amide bonds. The van der Waals surface area contributed by atoms with Crippen LogP contribution in [-0.4, -0.2) is 31.3 Å². The van der Waals surface area contributed by atoms with Crippen molar-refractivity contribution in [3.63, 3.8) is 0 Å². The van der Waals surface area contributed by atoms with E-state index in [9.17, 15) is 14.4 Å².